The number of hydrogen-bond donors (Lipinski definition) is 2. The third-order valence-electron chi connectivity index (χ3n) is 5.45. The average molecular weight is 421 g/mol. The molecule has 5 heteroatoms. The molecule has 170 valence electrons. The summed E-state index contributed by atoms with van der Waals surface area (Å²) in [5.41, 5.74) is 0.236. The lowest BCUT2D eigenvalue weighted by Crippen LogP contribution is -2.27. The summed E-state index contributed by atoms with van der Waals surface area (Å²) in [4.78, 5) is 23.4. The summed E-state index contributed by atoms with van der Waals surface area (Å²) in [5, 5.41) is 18.6. The van der Waals surface area contributed by atoms with Gasteiger partial charge in [0, 0.05) is 0 Å². The number of aliphatic carboxylic acids is 1. The van der Waals surface area contributed by atoms with Crippen LogP contribution in [0.15, 0.2) is 24.3 Å². The van der Waals surface area contributed by atoms with E-state index in [2.05, 4.69) is 6.92 Å². The molecule has 1 rings (SSSR count). The van der Waals surface area contributed by atoms with Gasteiger partial charge in [-0.1, -0.05) is 90.4 Å². The molecule has 0 aliphatic carbocycles. The Bertz CT molecular complexity index is 582. The number of carboxylic acids is 1. The summed E-state index contributed by atoms with van der Waals surface area (Å²) < 4.78 is 5.13. The number of carbonyl (C=O) groups is 2. The van der Waals surface area contributed by atoms with Crippen LogP contribution < -0.4 is 0 Å². The van der Waals surface area contributed by atoms with E-state index < -0.39 is 18.0 Å². The number of benzene rings is 1. The van der Waals surface area contributed by atoms with Crippen LogP contribution in [0.3, 0.4) is 0 Å². The maximum Gasteiger partial charge on any atom is 0.345 e. The Hall–Kier alpha value is -2.04. The van der Waals surface area contributed by atoms with Crippen LogP contribution in [-0.4, -0.2) is 28.3 Å². The Kier molecular flexibility index (Phi) is 14.5. The maximum absolute atomic E-state index is 12.1. The van der Waals surface area contributed by atoms with Gasteiger partial charge in [-0.15, -0.1) is 0 Å². The number of phenols is 1. The smallest absolute Gasteiger partial charge is 0.345 e. The summed E-state index contributed by atoms with van der Waals surface area (Å²) in [6.45, 7) is 2.25. The lowest BCUT2D eigenvalue weighted by Gasteiger charge is -2.13. The van der Waals surface area contributed by atoms with E-state index in [1.54, 1.807) is 0 Å². The van der Waals surface area contributed by atoms with Gasteiger partial charge in [0.25, 0.3) is 0 Å². The van der Waals surface area contributed by atoms with E-state index in [0.29, 0.717) is 6.42 Å². The summed E-state index contributed by atoms with van der Waals surface area (Å²) in [5.74, 6) is -1.74. The summed E-state index contributed by atoms with van der Waals surface area (Å²) in [6, 6.07) is 5.59. The predicted molar refractivity (Wildman–Crippen MR) is 120 cm³/mol. The van der Waals surface area contributed by atoms with Crippen molar-refractivity contribution in [1.29, 1.82) is 0 Å². The van der Waals surface area contributed by atoms with Crippen LogP contribution in [0.5, 0.6) is 5.75 Å². The molecule has 1 aromatic carbocycles. The van der Waals surface area contributed by atoms with Crippen molar-refractivity contribution in [3.05, 3.63) is 29.8 Å². The van der Waals surface area contributed by atoms with Gasteiger partial charge >= 0.3 is 11.9 Å². The number of aromatic hydroxyl groups is 1. The zero-order valence-corrected chi connectivity index (χ0v) is 18.6. The fourth-order valence-electron chi connectivity index (χ4n) is 3.55. The molecule has 0 saturated carbocycles. The predicted octanol–water partition coefficient (Wildman–Crippen LogP) is 6.87. The molecule has 30 heavy (non-hydrogen) atoms. The normalized spacial score (nSPS) is 11.9. The molecule has 0 saturated heterocycles. The maximum atomic E-state index is 12.1. The first-order valence-electron chi connectivity index (χ1n) is 11.8. The van der Waals surface area contributed by atoms with Gasteiger partial charge in [0.1, 0.15) is 5.75 Å². The number of esters is 1. The van der Waals surface area contributed by atoms with Crippen molar-refractivity contribution in [3.63, 3.8) is 0 Å². The highest BCUT2D eigenvalue weighted by Gasteiger charge is 2.22. The van der Waals surface area contributed by atoms with E-state index in [0.717, 1.165) is 19.3 Å². The van der Waals surface area contributed by atoms with Crippen molar-refractivity contribution < 1.29 is 24.5 Å². The van der Waals surface area contributed by atoms with Crippen molar-refractivity contribution in [2.75, 3.05) is 0 Å². The SMILES string of the molecule is CCCCCCCCCCCCCCCCC(OC(=O)c1ccc(O)cc1)C(=O)O. The van der Waals surface area contributed by atoms with Crippen LogP contribution >= 0.6 is 0 Å². The second-order valence-corrected chi connectivity index (χ2v) is 8.16. The van der Waals surface area contributed by atoms with Crippen molar-refractivity contribution in [3.8, 4) is 5.75 Å². The van der Waals surface area contributed by atoms with Crippen LogP contribution in [0.1, 0.15) is 114 Å². The topological polar surface area (TPSA) is 83.8 Å². The first-order valence-corrected chi connectivity index (χ1v) is 11.8. The average Bonchev–Trinajstić information content (AvgIpc) is 2.73. The van der Waals surface area contributed by atoms with Crippen molar-refractivity contribution in [2.24, 2.45) is 0 Å². The zero-order chi connectivity index (χ0) is 22.0. The molecule has 0 heterocycles. The van der Waals surface area contributed by atoms with Crippen molar-refractivity contribution in [2.45, 2.75) is 109 Å². The van der Waals surface area contributed by atoms with Gasteiger partial charge in [0.15, 0.2) is 6.10 Å². The quantitative estimate of drug-likeness (QED) is 0.200. The number of carboxylic acid groups (broad SMARTS) is 1. The molecule has 1 atom stereocenters. The minimum atomic E-state index is -1.12. The summed E-state index contributed by atoms with van der Waals surface area (Å²) in [7, 11) is 0. The first-order chi connectivity index (χ1) is 14.5. The molecule has 1 aromatic rings. The van der Waals surface area contributed by atoms with Crippen LogP contribution in [-0.2, 0) is 9.53 Å². The zero-order valence-electron chi connectivity index (χ0n) is 18.6. The highest BCUT2D eigenvalue weighted by Crippen LogP contribution is 2.16. The molecule has 0 aromatic heterocycles. The van der Waals surface area contributed by atoms with E-state index in [9.17, 15) is 19.8 Å². The van der Waals surface area contributed by atoms with Gasteiger partial charge in [-0.25, -0.2) is 9.59 Å². The molecule has 0 aliphatic heterocycles. The first kappa shape index (κ1) is 26.0. The number of hydrogen-bond acceptors (Lipinski definition) is 4. The van der Waals surface area contributed by atoms with Gasteiger partial charge in [0.05, 0.1) is 5.56 Å². The number of rotatable bonds is 18. The van der Waals surface area contributed by atoms with E-state index in [1.165, 1.54) is 94.9 Å². The number of carbonyl (C=O) groups excluding carboxylic acids is 1. The minimum absolute atomic E-state index is 0.0451. The standard InChI is InChI=1S/C25H40O5/c1-2-3-4-5-6-7-8-9-10-11-12-13-14-15-16-23(24(27)28)30-25(29)21-17-19-22(26)20-18-21/h17-20,23,26H,2-16H2,1H3,(H,27,28). The van der Waals surface area contributed by atoms with Gasteiger partial charge in [-0.2, -0.15) is 0 Å². The summed E-state index contributed by atoms with van der Waals surface area (Å²) in [6.07, 6.45) is 16.6. The van der Waals surface area contributed by atoms with Gasteiger partial charge in [0.2, 0.25) is 0 Å². The molecular weight excluding hydrogens is 380 g/mol. The molecule has 0 radical (unpaired) electrons. The molecule has 1 unspecified atom stereocenters. The number of unbranched alkanes of at least 4 members (excludes halogenated alkanes) is 13. The van der Waals surface area contributed by atoms with E-state index in [4.69, 9.17) is 4.74 Å². The Morgan fingerprint density at radius 3 is 1.63 bits per heavy atom. The number of phenolic OH excluding ortho intramolecular Hbond substituents is 1. The van der Waals surface area contributed by atoms with Crippen molar-refractivity contribution in [1.82, 2.24) is 0 Å². The highest BCUT2D eigenvalue weighted by atomic mass is 16.6. The van der Waals surface area contributed by atoms with Gasteiger partial charge in [-0.3, -0.25) is 0 Å². The highest BCUT2D eigenvalue weighted by molar-refractivity contribution is 5.91. The minimum Gasteiger partial charge on any atom is -0.508 e. The molecular formula is C25H40O5. The van der Waals surface area contributed by atoms with Crippen LogP contribution in [0.2, 0.25) is 0 Å². The second-order valence-electron chi connectivity index (χ2n) is 8.16. The van der Waals surface area contributed by atoms with Crippen LogP contribution in [0.4, 0.5) is 0 Å². The van der Waals surface area contributed by atoms with E-state index >= 15 is 0 Å². The summed E-state index contributed by atoms with van der Waals surface area (Å²) >= 11 is 0. The molecule has 0 amide bonds. The monoisotopic (exact) mass is 420 g/mol. The number of ether oxygens (including phenoxy) is 1. The molecule has 0 bridgehead atoms. The third kappa shape index (κ3) is 12.5. The second kappa shape index (κ2) is 16.7. The largest absolute Gasteiger partial charge is 0.508 e. The van der Waals surface area contributed by atoms with Crippen LogP contribution in [0.25, 0.3) is 0 Å². The third-order valence-corrected chi connectivity index (χ3v) is 5.45. The Morgan fingerprint density at radius 2 is 1.20 bits per heavy atom. The lowest BCUT2D eigenvalue weighted by molar-refractivity contribution is -0.147. The van der Waals surface area contributed by atoms with Gasteiger partial charge in [-0.05, 0) is 37.1 Å². The Balaban J connectivity index is 2.04. The Labute approximate surface area is 181 Å². The Morgan fingerprint density at radius 1 is 0.767 bits per heavy atom. The van der Waals surface area contributed by atoms with Crippen LogP contribution in [0, 0.1) is 0 Å². The van der Waals surface area contributed by atoms with E-state index in [-0.39, 0.29) is 11.3 Å². The van der Waals surface area contributed by atoms with Gasteiger partial charge < -0.3 is 14.9 Å². The molecule has 0 aliphatic rings. The molecule has 0 spiro atoms. The molecule has 2 N–H and O–H groups in total. The fraction of sp³-hybridized carbons (Fsp3) is 0.680. The fourth-order valence-corrected chi connectivity index (χ4v) is 3.55. The molecule has 0 fully saturated rings. The van der Waals surface area contributed by atoms with Crippen molar-refractivity contribution >= 4 is 11.9 Å². The molecule has 5 nitrogen and oxygen atoms in total. The van der Waals surface area contributed by atoms with E-state index in [1.807, 2.05) is 0 Å². The lowest BCUT2D eigenvalue weighted by atomic mass is 10.0.